The minimum atomic E-state index is -4.25. The summed E-state index contributed by atoms with van der Waals surface area (Å²) in [6.45, 7) is 0. The molecule has 4 nitrogen and oxygen atoms in total. The molecule has 2 aromatic rings. The van der Waals surface area contributed by atoms with Crippen LogP contribution in [0.1, 0.15) is 5.56 Å². The quantitative estimate of drug-likeness (QED) is 0.808. The molecule has 0 bridgehead atoms. The van der Waals surface area contributed by atoms with E-state index in [2.05, 4.69) is 0 Å². The van der Waals surface area contributed by atoms with Crippen molar-refractivity contribution in [2.75, 3.05) is 0 Å². The molecular formula is C13H8FNO3S. The second-order valence-electron chi connectivity index (χ2n) is 3.61. The number of benzene rings is 2. The van der Waals surface area contributed by atoms with Gasteiger partial charge in [0.25, 0.3) is 0 Å². The zero-order valence-corrected chi connectivity index (χ0v) is 10.4. The van der Waals surface area contributed by atoms with Crippen LogP contribution in [0.3, 0.4) is 0 Å². The van der Waals surface area contributed by atoms with Crippen LogP contribution in [0.25, 0.3) is 0 Å². The van der Waals surface area contributed by atoms with Crippen molar-refractivity contribution in [3.8, 4) is 11.8 Å². The number of hydrogen-bond donors (Lipinski definition) is 0. The highest BCUT2D eigenvalue weighted by atomic mass is 32.2. The third-order valence-electron chi connectivity index (χ3n) is 2.28. The van der Waals surface area contributed by atoms with Gasteiger partial charge < -0.3 is 4.18 Å². The lowest BCUT2D eigenvalue weighted by atomic mass is 10.2. The number of nitriles is 1. The van der Waals surface area contributed by atoms with Crippen LogP contribution in [0, 0.1) is 17.1 Å². The second-order valence-corrected chi connectivity index (χ2v) is 5.12. The summed E-state index contributed by atoms with van der Waals surface area (Å²) in [4.78, 5) is -0.544. The van der Waals surface area contributed by atoms with Gasteiger partial charge in [-0.25, -0.2) is 4.39 Å². The molecule has 0 fully saturated rings. The molecule has 0 saturated heterocycles. The van der Waals surface area contributed by atoms with Crippen molar-refractivity contribution in [3.63, 3.8) is 0 Å². The predicted octanol–water partition coefficient (Wildman–Crippen LogP) is 2.47. The summed E-state index contributed by atoms with van der Waals surface area (Å²) in [6.07, 6.45) is 0. The van der Waals surface area contributed by atoms with Crippen LogP contribution < -0.4 is 4.18 Å². The first-order chi connectivity index (χ1) is 9.03. The highest BCUT2D eigenvalue weighted by Gasteiger charge is 2.20. The van der Waals surface area contributed by atoms with Gasteiger partial charge in [-0.1, -0.05) is 18.2 Å². The zero-order valence-electron chi connectivity index (χ0n) is 9.58. The third-order valence-corrected chi connectivity index (χ3v) is 3.56. The van der Waals surface area contributed by atoms with E-state index in [4.69, 9.17) is 9.44 Å². The Labute approximate surface area is 109 Å². The zero-order chi connectivity index (χ0) is 13.9. The molecule has 0 aromatic heterocycles. The molecule has 0 N–H and O–H groups in total. The maximum absolute atomic E-state index is 13.4. The van der Waals surface area contributed by atoms with Crippen LogP contribution in [0.5, 0.6) is 5.75 Å². The summed E-state index contributed by atoms with van der Waals surface area (Å²) in [5, 5.41) is 8.71. The molecule has 0 radical (unpaired) electrons. The Kier molecular flexibility index (Phi) is 3.49. The fourth-order valence-corrected chi connectivity index (χ4v) is 2.44. The Hall–Kier alpha value is -2.39. The van der Waals surface area contributed by atoms with Crippen LogP contribution in [-0.4, -0.2) is 8.42 Å². The summed E-state index contributed by atoms with van der Waals surface area (Å²) in [5.74, 6) is -0.929. The Morgan fingerprint density at radius 3 is 2.53 bits per heavy atom. The van der Waals surface area contributed by atoms with Gasteiger partial charge >= 0.3 is 10.1 Å². The van der Waals surface area contributed by atoms with E-state index >= 15 is 0 Å². The monoisotopic (exact) mass is 277 g/mol. The average Bonchev–Trinajstić information content (AvgIpc) is 2.38. The molecule has 96 valence electrons. The molecule has 0 amide bonds. The van der Waals surface area contributed by atoms with Crippen LogP contribution in [-0.2, 0) is 10.1 Å². The van der Waals surface area contributed by atoms with Crippen molar-refractivity contribution >= 4 is 10.1 Å². The molecule has 0 spiro atoms. The van der Waals surface area contributed by atoms with E-state index in [1.54, 1.807) is 0 Å². The van der Waals surface area contributed by atoms with Crippen molar-refractivity contribution in [1.82, 2.24) is 0 Å². The van der Waals surface area contributed by atoms with E-state index < -0.39 is 20.8 Å². The van der Waals surface area contributed by atoms with Gasteiger partial charge in [-0.05, 0) is 30.3 Å². The fraction of sp³-hybridized carbons (Fsp3) is 0. The topological polar surface area (TPSA) is 67.2 Å². The normalized spacial score (nSPS) is 10.7. The molecule has 6 heteroatoms. The van der Waals surface area contributed by atoms with Gasteiger partial charge in [0.05, 0.1) is 11.6 Å². The standard InChI is InChI=1S/C13H8FNO3S/c14-12-6-1-2-7-13(12)19(16,17)18-11-5-3-4-10(8-11)9-15/h1-8H. The number of hydrogen-bond acceptors (Lipinski definition) is 4. The van der Waals surface area contributed by atoms with Crippen LogP contribution >= 0.6 is 0 Å². The molecular weight excluding hydrogens is 269 g/mol. The van der Waals surface area contributed by atoms with E-state index in [-0.39, 0.29) is 11.3 Å². The molecule has 0 heterocycles. The minimum Gasteiger partial charge on any atom is -0.379 e. The van der Waals surface area contributed by atoms with Crippen LogP contribution in [0.4, 0.5) is 4.39 Å². The maximum Gasteiger partial charge on any atom is 0.342 e. The van der Waals surface area contributed by atoms with Gasteiger partial charge in [0, 0.05) is 0 Å². The highest BCUT2D eigenvalue weighted by Crippen LogP contribution is 2.21. The summed E-state index contributed by atoms with van der Waals surface area (Å²) in [6, 6.07) is 12.4. The van der Waals surface area contributed by atoms with Crippen molar-refractivity contribution in [2.24, 2.45) is 0 Å². The molecule has 2 aromatic carbocycles. The molecule has 0 aliphatic heterocycles. The highest BCUT2D eigenvalue weighted by molar-refractivity contribution is 7.87. The fourth-order valence-electron chi connectivity index (χ4n) is 1.44. The van der Waals surface area contributed by atoms with E-state index in [1.165, 1.54) is 36.4 Å². The molecule has 0 unspecified atom stereocenters. The lowest BCUT2D eigenvalue weighted by Crippen LogP contribution is -2.11. The number of halogens is 1. The number of rotatable bonds is 3. The van der Waals surface area contributed by atoms with Crippen molar-refractivity contribution in [3.05, 3.63) is 59.9 Å². The lowest BCUT2D eigenvalue weighted by molar-refractivity contribution is 0.476. The Morgan fingerprint density at radius 2 is 1.84 bits per heavy atom. The van der Waals surface area contributed by atoms with E-state index in [9.17, 15) is 12.8 Å². The SMILES string of the molecule is N#Cc1cccc(OS(=O)(=O)c2ccccc2F)c1. The van der Waals surface area contributed by atoms with E-state index in [1.807, 2.05) is 6.07 Å². The largest absolute Gasteiger partial charge is 0.379 e. The summed E-state index contributed by atoms with van der Waals surface area (Å²) >= 11 is 0. The van der Waals surface area contributed by atoms with E-state index in [0.29, 0.717) is 0 Å². The second kappa shape index (κ2) is 5.08. The van der Waals surface area contributed by atoms with Crippen molar-refractivity contribution in [2.45, 2.75) is 4.90 Å². The van der Waals surface area contributed by atoms with Gasteiger partial charge in [-0.2, -0.15) is 13.7 Å². The first-order valence-electron chi connectivity index (χ1n) is 5.22. The maximum atomic E-state index is 13.4. The summed E-state index contributed by atoms with van der Waals surface area (Å²) in [5.41, 5.74) is 0.251. The minimum absolute atomic E-state index is 0.0395. The van der Waals surface area contributed by atoms with E-state index in [0.717, 1.165) is 12.1 Å². The molecule has 0 aliphatic carbocycles. The van der Waals surface area contributed by atoms with Gasteiger partial charge in [0.15, 0.2) is 0 Å². The Balaban J connectivity index is 2.37. The van der Waals surface area contributed by atoms with Gasteiger partial charge in [0.2, 0.25) is 0 Å². The first kappa shape index (κ1) is 13.1. The third kappa shape index (κ3) is 2.89. The smallest absolute Gasteiger partial charge is 0.342 e. The Bertz CT molecular complexity index is 750. The van der Waals surface area contributed by atoms with Gasteiger partial charge in [-0.3, -0.25) is 0 Å². The first-order valence-corrected chi connectivity index (χ1v) is 6.63. The lowest BCUT2D eigenvalue weighted by Gasteiger charge is -2.07. The van der Waals surface area contributed by atoms with Gasteiger partial charge in [-0.15, -0.1) is 0 Å². The number of nitrogens with zero attached hydrogens (tertiary/aromatic N) is 1. The average molecular weight is 277 g/mol. The Morgan fingerprint density at radius 1 is 1.11 bits per heavy atom. The molecule has 2 rings (SSSR count). The van der Waals surface area contributed by atoms with Crippen LogP contribution in [0.15, 0.2) is 53.4 Å². The summed E-state index contributed by atoms with van der Waals surface area (Å²) < 4.78 is 42.0. The molecule has 0 atom stereocenters. The van der Waals surface area contributed by atoms with Crippen molar-refractivity contribution in [1.29, 1.82) is 5.26 Å². The summed E-state index contributed by atoms with van der Waals surface area (Å²) in [7, 11) is -4.25. The van der Waals surface area contributed by atoms with Crippen molar-refractivity contribution < 1.29 is 17.0 Å². The molecule has 0 saturated carbocycles. The molecule has 19 heavy (non-hydrogen) atoms. The van der Waals surface area contributed by atoms with Crippen LogP contribution in [0.2, 0.25) is 0 Å². The van der Waals surface area contributed by atoms with Gasteiger partial charge in [0.1, 0.15) is 16.5 Å². The predicted molar refractivity (Wildman–Crippen MR) is 65.4 cm³/mol. The molecule has 0 aliphatic rings.